The van der Waals surface area contributed by atoms with Gasteiger partial charge < -0.3 is 10.1 Å². The van der Waals surface area contributed by atoms with Gasteiger partial charge in [-0.15, -0.1) is 11.3 Å². The molecule has 0 aliphatic heterocycles. The summed E-state index contributed by atoms with van der Waals surface area (Å²) in [5, 5.41) is 15.5. The summed E-state index contributed by atoms with van der Waals surface area (Å²) < 4.78 is 5.62. The molecule has 0 aliphatic rings. The molecule has 0 spiro atoms. The average molecular weight is 417 g/mol. The number of nitriles is 1. The number of anilines is 1. The van der Waals surface area contributed by atoms with Gasteiger partial charge in [0.25, 0.3) is 5.91 Å². The molecule has 0 fully saturated rings. The van der Waals surface area contributed by atoms with Crippen LogP contribution in [-0.4, -0.2) is 12.0 Å². The first-order valence-electron chi connectivity index (χ1n) is 7.99. The van der Waals surface area contributed by atoms with E-state index < -0.39 is 6.10 Å². The molecule has 0 saturated heterocycles. The van der Waals surface area contributed by atoms with Crippen LogP contribution >= 0.6 is 34.5 Å². The van der Waals surface area contributed by atoms with Crippen molar-refractivity contribution in [3.05, 3.63) is 69.5 Å². The van der Waals surface area contributed by atoms with Crippen LogP contribution in [-0.2, 0) is 4.79 Å². The van der Waals surface area contributed by atoms with E-state index in [1.54, 1.807) is 42.6 Å². The number of hydrogen-bond donors (Lipinski definition) is 1. The predicted molar refractivity (Wildman–Crippen MR) is 110 cm³/mol. The molecule has 0 bridgehead atoms. The van der Waals surface area contributed by atoms with Crippen LogP contribution in [0.3, 0.4) is 0 Å². The molecule has 1 heterocycles. The molecule has 2 aromatic carbocycles. The smallest absolute Gasteiger partial charge is 0.265 e. The number of hydrogen-bond acceptors (Lipinski definition) is 4. The minimum absolute atomic E-state index is 0.342. The molecule has 136 valence electrons. The van der Waals surface area contributed by atoms with E-state index in [0.717, 1.165) is 0 Å². The lowest BCUT2D eigenvalue weighted by atomic mass is 10.0. The molecule has 27 heavy (non-hydrogen) atoms. The second-order valence-corrected chi connectivity index (χ2v) is 7.38. The first-order valence-corrected chi connectivity index (χ1v) is 9.62. The van der Waals surface area contributed by atoms with Gasteiger partial charge in [-0.25, -0.2) is 0 Å². The van der Waals surface area contributed by atoms with Crippen molar-refractivity contribution in [2.45, 2.75) is 13.0 Å². The number of carbonyl (C=O) groups excluding carboxylic acids is 1. The van der Waals surface area contributed by atoms with Crippen LogP contribution in [0, 0.1) is 11.3 Å². The maximum absolute atomic E-state index is 12.5. The number of rotatable bonds is 5. The Bertz CT molecular complexity index is 1010. The molecule has 4 nitrogen and oxygen atoms in total. The minimum atomic E-state index is -0.719. The Hall–Kier alpha value is -2.52. The molecule has 1 amide bonds. The number of thiophene rings is 1. The molecule has 0 saturated carbocycles. The molecule has 1 unspecified atom stereocenters. The molecular weight excluding hydrogens is 403 g/mol. The number of nitrogens with one attached hydrogen (secondary N) is 1. The quantitative estimate of drug-likeness (QED) is 0.554. The fourth-order valence-electron chi connectivity index (χ4n) is 2.44. The second-order valence-electron chi connectivity index (χ2n) is 5.65. The van der Waals surface area contributed by atoms with Crippen LogP contribution < -0.4 is 10.1 Å². The van der Waals surface area contributed by atoms with Crippen molar-refractivity contribution in [1.82, 2.24) is 0 Å². The van der Waals surface area contributed by atoms with Crippen LogP contribution in [0.1, 0.15) is 12.5 Å². The van der Waals surface area contributed by atoms with Gasteiger partial charge in [0.15, 0.2) is 6.10 Å². The van der Waals surface area contributed by atoms with Gasteiger partial charge in [0.2, 0.25) is 0 Å². The van der Waals surface area contributed by atoms with Gasteiger partial charge in [-0.05, 0) is 31.2 Å². The Morgan fingerprint density at radius 1 is 1.19 bits per heavy atom. The highest BCUT2D eigenvalue weighted by Gasteiger charge is 2.20. The summed E-state index contributed by atoms with van der Waals surface area (Å²) in [6.45, 7) is 1.65. The number of amides is 1. The van der Waals surface area contributed by atoms with Crippen molar-refractivity contribution < 1.29 is 9.53 Å². The maximum Gasteiger partial charge on any atom is 0.265 e. The normalized spacial score (nSPS) is 11.5. The number of ether oxygens (including phenoxy) is 1. The zero-order valence-corrected chi connectivity index (χ0v) is 16.5. The van der Waals surface area contributed by atoms with E-state index in [4.69, 9.17) is 27.9 Å². The maximum atomic E-state index is 12.5. The summed E-state index contributed by atoms with van der Waals surface area (Å²) in [6.07, 6.45) is -0.719. The monoisotopic (exact) mass is 416 g/mol. The van der Waals surface area contributed by atoms with Crippen LogP contribution in [0.15, 0.2) is 53.9 Å². The van der Waals surface area contributed by atoms with E-state index in [2.05, 4.69) is 11.4 Å². The Morgan fingerprint density at radius 2 is 1.93 bits per heavy atom. The zero-order valence-electron chi connectivity index (χ0n) is 14.2. The molecular formula is C20H14Cl2N2O2S. The lowest BCUT2D eigenvalue weighted by molar-refractivity contribution is -0.122. The number of benzene rings is 2. The molecule has 1 N–H and O–H groups in total. The molecule has 0 aliphatic carbocycles. The SMILES string of the molecule is CC(Oc1ccccc1)C(=O)Nc1scc(-c2ccc(Cl)cc2Cl)c1C#N. The third-order valence-electron chi connectivity index (χ3n) is 3.79. The first-order chi connectivity index (χ1) is 13.0. The lowest BCUT2D eigenvalue weighted by Gasteiger charge is -2.14. The number of halogens is 2. The fourth-order valence-corrected chi connectivity index (χ4v) is 3.86. The minimum Gasteiger partial charge on any atom is -0.481 e. The van der Waals surface area contributed by atoms with E-state index in [0.29, 0.717) is 37.5 Å². The predicted octanol–water partition coefficient (Wildman–Crippen LogP) is 6.00. The number of carbonyl (C=O) groups is 1. The van der Waals surface area contributed by atoms with Crippen molar-refractivity contribution >= 4 is 45.4 Å². The van der Waals surface area contributed by atoms with Crippen LogP contribution in [0.25, 0.3) is 11.1 Å². The van der Waals surface area contributed by atoms with E-state index in [-0.39, 0.29) is 5.91 Å². The summed E-state index contributed by atoms with van der Waals surface area (Å²) in [5.74, 6) is 0.256. The van der Waals surface area contributed by atoms with Crippen molar-refractivity contribution in [2.24, 2.45) is 0 Å². The summed E-state index contributed by atoms with van der Waals surface area (Å²) in [6, 6.07) is 16.3. The molecule has 1 atom stereocenters. The number of para-hydroxylation sites is 1. The van der Waals surface area contributed by atoms with Gasteiger partial charge >= 0.3 is 0 Å². The zero-order chi connectivity index (χ0) is 19.4. The van der Waals surface area contributed by atoms with Gasteiger partial charge in [0.05, 0.1) is 5.56 Å². The third kappa shape index (κ3) is 4.42. The van der Waals surface area contributed by atoms with E-state index >= 15 is 0 Å². The highest BCUT2D eigenvalue weighted by atomic mass is 35.5. The highest BCUT2D eigenvalue weighted by molar-refractivity contribution is 7.15. The van der Waals surface area contributed by atoms with Crippen LogP contribution in [0.5, 0.6) is 5.75 Å². The van der Waals surface area contributed by atoms with Gasteiger partial charge in [0.1, 0.15) is 16.8 Å². The van der Waals surface area contributed by atoms with Gasteiger partial charge in [0, 0.05) is 26.6 Å². The summed E-state index contributed by atoms with van der Waals surface area (Å²) in [7, 11) is 0. The molecule has 1 aromatic heterocycles. The highest BCUT2D eigenvalue weighted by Crippen LogP contribution is 2.39. The lowest BCUT2D eigenvalue weighted by Crippen LogP contribution is -2.30. The van der Waals surface area contributed by atoms with E-state index in [1.165, 1.54) is 11.3 Å². The van der Waals surface area contributed by atoms with Gasteiger partial charge in [-0.1, -0.05) is 47.5 Å². The second kappa shape index (κ2) is 8.45. The third-order valence-corrected chi connectivity index (χ3v) is 5.23. The molecule has 3 rings (SSSR count). The Kier molecular flexibility index (Phi) is 6.02. The van der Waals surface area contributed by atoms with Gasteiger partial charge in [-0.3, -0.25) is 4.79 Å². The molecule has 0 radical (unpaired) electrons. The van der Waals surface area contributed by atoms with Crippen LogP contribution in [0.4, 0.5) is 5.00 Å². The Balaban J connectivity index is 1.80. The Labute approximate surface area is 170 Å². The Morgan fingerprint density at radius 3 is 2.59 bits per heavy atom. The largest absolute Gasteiger partial charge is 0.481 e. The first kappa shape index (κ1) is 19.2. The van der Waals surface area contributed by atoms with Crippen molar-refractivity contribution in [1.29, 1.82) is 5.26 Å². The van der Waals surface area contributed by atoms with E-state index in [1.807, 2.05) is 18.2 Å². The number of nitrogens with zero attached hydrogens (tertiary/aromatic N) is 1. The topological polar surface area (TPSA) is 62.1 Å². The van der Waals surface area contributed by atoms with Crippen molar-refractivity contribution in [3.8, 4) is 22.9 Å². The summed E-state index contributed by atoms with van der Waals surface area (Å²) in [4.78, 5) is 12.5. The molecule has 3 aromatic rings. The van der Waals surface area contributed by atoms with Crippen LogP contribution in [0.2, 0.25) is 10.0 Å². The van der Waals surface area contributed by atoms with Gasteiger partial charge in [-0.2, -0.15) is 5.26 Å². The van der Waals surface area contributed by atoms with Crippen molar-refractivity contribution in [3.63, 3.8) is 0 Å². The summed E-state index contributed by atoms with van der Waals surface area (Å²) in [5.41, 5.74) is 1.68. The summed E-state index contributed by atoms with van der Waals surface area (Å²) >= 11 is 13.4. The molecule has 7 heteroatoms. The average Bonchev–Trinajstić information content (AvgIpc) is 3.04. The van der Waals surface area contributed by atoms with Crippen molar-refractivity contribution in [2.75, 3.05) is 5.32 Å². The fraction of sp³-hybridized carbons (Fsp3) is 0.100. The van der Waals surface area contributed by atoms with E-state index in [9.17, 15) is 10.1 Å². The standard InChI is InChI=1S/C20H14Cl2N2O2S/c1-12(26-14-5-3-2-4-6-14)19(25)24-20-16(10-23)17(11-27-20)15-8-7-13(21)9-18(15)22/h2-9,11-12H,1H3,(H,24,25).